The SMILES string of the molecule is C=CCN(CCO)c1nc(C)nc(Cl)c1C=O. The number of carbonyl (C=O) groups is 1. The fourth-order valence-corrected chi connectivity index (χ4v) is 1.69. The zero-order valence-electron chi connectivity index (χ0n) is 9.56. The van der Waals surface area contributed by atoms with Gasteiger partial charge in [0.15, 0.2) is 6.29 Å². The molecule has 0 unspecified atom stereocenters. The van der Waals surface area contributed by atoms with Gasteiger partial charge in [-0.1, -0.05) is 17.7 Å². The molecular formula is C11H14ClN3O2. The molecule has 0 aromatic carbocycles. The van der Waals surface area contributed by atoms with Gasteiger partial charge in [-0.2, -0.15) is 0 Å². The Labute approximate surface area is 105 Å². The maximum atomic E-state index is 11.0. The van der Waals surface area contributed by atoms with E-state index in [0.29, 0.717) is 31.0 Å². The monoisotopic (exact) mass is 255 g/mol. The van der Waals surface area contributed by atoms with Gasteiger partial charge in [0.05, 0.1) is 12.2 Å². The summed E-state index contributed by atoms with van der Waals surface area (Å²) in [6, 6.07) is 0. The molecule has 1 aromatic rings. The maximum Gasteiger partial charge on any atom is 0.156 e. The molecule has 0 radical (unpaired) electrons. The van der Waals surface area contributed by atoms with Gasteiger partial charge >= 0.3 is 0 Å². The summed E-state index contributed by atoms with van der Waals surface area (Å²) in [6.45, 7) is 6.07. The van der Waals surface area contributed by atoms with E-state index in [1.54, 1.807) is 17.9 Å². The lowest BCUT2D eigenvalue weighted by Crippen LogP contribution is -2.29. The number of anilines is 1. The predicted molar refractivity (Wildman–Crippen MR) is 66.7 cm³/mol. The first-order chi connectivity index (χ1) is 8.13. The Morgan fingerprint density at radius 1 is 1.53 bits per heavy atom. The van der Waals surface area contributed by atoms with Crippen molar-refractivity contribution in [2.45, 2.75) is 6.92 Å². The second-order valence-corrected chi connectivity index (χ2v) is 3.73. The van der Waals surface area contributed by atoms with Crippen LogP contribution in [0.25, 0.3) is 0 Å². The number of carbonyl (C=O) groups excluding carboxylic acids is 1. The van der Waals surface area contributed by atoms with Crippen molar-refractivity contribution >= 4 is 23.7 Å². The van der Waals surface area contributed by atoms with E-state index in [-0.39, 0.29) is 17.3 Å². The molecule has 5 nitrogen and oxygen atoms in total. The summed E-state index contributed by atoms with van der Waals surface area (Å²) in [5.74, 6) is 0.897. The molecule has 0 atom stereocenters. The van der Waals surface area contributed by atoms with Crippen molar-refractivity contribution in [3.8, 4) is 0 Å². The second kappa shape index (κ2) is 6.32. The first kappa shape index (κ1) is 13.6. The molecule has 0 fully saturated rings. The van der Waals surface area contributed by atoms with E-state index in [1.165, 1.54) is 0 Å². The number of aliphatic hydroxyl groups is 1. The van der Waals surface area contributed by atoms with Gasteiger partial charge in [-0.25, -0.2) is 9.97 Å². The topological polar surface area (TPSA) is 66.3 Å². The fraction of sp³-hybridized carbons (Fsp3) is 0.364. The van der Waals surface area contributed by atoms with Crippen molar-refractivity contribution in [2.75, 3.05) is 24.6 Å². The Morgan fingerprint density at radius 2 is 2.24 bits per heavy atom. The van der Waals surface area contributed by atoms with Gasteiger partial charge in [0.2, 0.25) is 0 Å². The van der Waals surface area contributed by atoms with Crippen LogP contribution in [0.4, 0.5) is 5.82 Å². The van der Waals surface area contributed by atoms with Crippen LogP contribution in [-0.4, -0.2) is 41.1 Å². The summed E-state index contributed by atoms with van der Waals surface area (Å²) in [6.07, 6.45) is 2.28. The second-order valence-electron chi connectivity index (χ2n) is 3.38. The summed E-state index contributed by atoms with van der Waals surface area (Å²) in [5, 5.41) is 9.11. The molecule has 6 heteroatoms. The quantitative estimate of drug-likeness (QED) is 0.471. The molecule has 0 saturated heterocycles. The minimum atomic E-state index is -0.0488. The maximum absolute atomic E-state index is 11.0. The van der Waals surface area contributed by atoms with Crippen LogP contribution < -0.4 is 4.90 Å². The minimum absolute atomic E-state index is 0.0488. The number of aldehydes is 1. The smallest absolute Gasteiger partial charge is 0.156 e. The third kappa shape index (κ3) is 3.25. The molecule has 0 saturated carbocycles. The number of hydrogen-bond donors (Lipinski definition) is 1. The number of aryl methyl sites for hydroxylation is 1. The van der Waals surface area contributed by atoms with Crippen LogP contribution in [0.1, 0.15) is 16.2 Å². The summed E-state index contributed by atoms with van der Waals surface area (Å²) in [7, 11) is 0. The fourth-order valence-electron chi connectivity index (χ4n) is 1.44. The molecule has 0 aliphatic heterocycles. The first-order valence-electron chi connectivity index (χ1n) is 5.10. The molecule has 0 aliphatic carbocycles. The van der Waals surface area contributed by atoms with E-state index in [2.05, 4.69) is 16.5 Å². The van der Waals surface area contributed by atoms with E-state index in [4.69, 9.17) is 16.7 Å². The Morgan fingerprint density at radius 3 is 2.76 bits per heavy atom. The average molecular weight is 256 g/mol. The summed E-state index contributed by atoms with van der Waals surface area (Å²) < 4.78 is 0. The molecule has 0 amide bonds. The van der Waals surface area contributed by atoms with Crippen LogP contribution in [0, 0.1) is 6.92 Å². The van der Waals surface area contributed by atoms with E-state index < -0.39 is 0 Å². The standard InChI is InChI=1S/C11H14ClN3O2/c1-3-4-15(5-6-16)11-9(7-17)10(12)13-8(2)14-11/h3,7,16H,1,4-6H2,2H3. The molecule has 0 bridgehead atoms. The number of hydrogen-bond acceptors (Lipinski definition) is 5. The van der Waals surface area contributed by atoms with Crippen molar-refractivity contribution in [3.05, 3.63) is 29.2 Å². The van der Waals surface area contributed by atoms with Crippen molar-refractivity contribution in [3.63, 3.8) is 0 Å². The Balaban J connectivity index is 3.24. The largest absolute Gasteiger partial charge is 0.395 e. The summed E-state index contributed by atoms with van der Waals surface area (Å²) in [5.41, 5.74) is 0.229. The van der Waals surface area contributed by atoms with Crippen LogP contribution in [0.5, 0.6) is 0 Å². The highest BCUT2D eigenvalue weighted by molar-refractivity contribution is 6.32. The number of rotatable bonds is 6. The van der Waals surface area contributed by atoms with Gasteiger partial charge in [-0.05, 0) is 6.92 Å². The highest BCUT2D eigenvalue weighted by Gasteiger charge is 2.16. The molecule has 17 heavy (non-hydrogen) atoms. The molecular weight excluding hydrogens is 242 g/mol. The first-order valence-corrected chi connectivity index (χ1v) is 5.47. The normalized spacial score (nSPS) is 10.1. The van der Waals surface area contributed by atoms with Crippen LogP contribution in [0.15, 0.2) is 12.7 Å². The van der Waals surface area contributed by atoms with Crippen LogP contribution in [-0.2, 0) is 0 Å². The van der Waals surface area contributed by atoms with Gasteiger partial charge in [-0.15, -0.1) is 6.58 Å². The highest BCUT2D eigenvalue weighted by Crippen LogP contribution is 2.22. The molecule has 1 aromatic heterocycles. The minimum Gasteiger partial charge on any atom is -0.395 e. The van der Waals surface area contributed by atoms with E-state index in [9.17, 15) is 4.79 Å². The van der Waals surface area contributed by atoms with Crippen molar-refractivity contribution < 1.29 is 9.90 Å². The van der Waals surface area contributed by atoms with E-state index >= 15 is 0 Å². The van der Waals surface area contributed by atoms with Crippen molar-refractivity contribution in [1.82, 2.24) is 9.97 Å². The van der Waals surface area contributed by atoms with Gasteiger partial charge in [-0.3, -0.25) is 4.79 Å². The van der Waals surface area contributed by atoms with Crippen LogP contribution in [0.3, 0.4) is 0 Å². The molecule has 0 spiro atoms. The van der Waals surface area contributed by atoms with Crippen molar-refractivity contribution in [2.24, 2.45) is 0 Å². The lowest BCUT2D eigenvalue weighted by atomic mass is 10.3. The van der Waals surface area contributed by atoms with Gasteiger partial charge in [0.25, 0.3) is 0 Å². The van der Waals surface area contributed by atoms with Crippen LogP contribution in [0.2, 0.25) is 5.15 Å². The van der Waals surface area contributed by atoms with Crippen molar-refractivity contribution in [1.29, 1.82) is 0 Å². The van der Waals surface area contributed by atoms with Gasteiger partial charge in [0, 0.05) is 13.1 Å². The van der Waals surface area contributed by atoms with E-state index in [0.717, 1.165) is 0 Å². The number of nitrogens with zero attached hydrogens (tertiary/aromatic N) is 3. The molecule has 1 N–H and O–H groups in total. The van der Waals surface area contributed by atoms with Gasteiger partial charge in [0.1, 0.15) is 16.8 Å². The number of halogens is 1. The number of aliphatic hydroxyl groups excluding tert-OH is 1. The predicted octanol–water partition coefficient (Wildman–Crippen LogP) is 1.24. The van der Waals surface area contributed by atoms with Crippen LogP contribution >= 0.6 is 11.6 Å². The average Bonchev–Trinajstić information content (AvgIpc) is 2.28. The lowest BCUT2D eigenvalue weighted by molar-refractivity contribution is 0.112. The lowest BCUT2D eigenvalue weighted by Gasteiger charge is -2.22. The molecule has 92 valence electrons. The highest BCUT2D eigenvalue weighted by atomic mass is 35.5. The third-order valence-electron chi connectivity index (χ3n) is 2.13. The summed E-state index contributed by atoms with van der Waals surface area (Å²) in [4.78, 5) is 20.8. The Kier molecular flexibility index (Phi) is 5.06. The number of aromatic nitrogens is 2. The Bertz CT molecular complexity index is 423. The Hall–Kier alpha value is -1.46. The molecule has 1 rings (SSSR count). The molecule has 1 heterocycles. The summed E-state index contributed by atoms with van der Waals surface area (Å²) >= 11 is 5.88. The zero-order chi connectivity index (χ0) is 12.8. The third-order valence-corrected chi connectivity index (χ3v) is 2.42. The van der Waals surface area contributed by atoms with Gasteiger partial charge < -0.3 is 10.0 Å². The molecule has 0 aliphatic rings. The zero-order valence-corrected chi connectivity index (χ0v) is 10.3. The van der Waals surface area contributed by atoms with E-state index in [1.807, 2.05) is 0 Å².